The van der Waals surface area contributed by atoms with Gasteiger partial charge in [-0.15, -0.1) is 0 Å². The molecule has 0 saturated heterocycles. The predicted molar refractivity (Wildman–Crippen MR) is 57.5 cm³/mol. The molecular formula is C10H17NO3. The lowest BCUT2D eigenvalue weighted by Gasteiger charge is -1.94. The summed E-state index contributed by atoms with van der Waals surface area (Å²) in [5.41, 5.74) is 0.388. The van der Waals surface area contributed by atoms with Crippen LogP contribution in [0.4, 0.5) is 0 Å². The molecule has 0 amide bonds. The van der Waals surface area contributed by atoms with E-state index in [9.17, 15) is 10.1 Å². The normalized spacial score (nSPS) is 11.4. The Balaban J connectivity index is 0. The van der Waals surface area contributed by atoms with E-state index in [-0.39, 0.29) is 12.3 Å². The first-order valence-corrected chi connectivity index (χ1v) is 4.40. The predicted octanol–water partition coefficient (Wildman–Crippen LogP) is 2.30. The molecule has 0 aromatic carbocycles. The van der Waals surface area contributed by atoms with Gasteiger partial charge in [-0.3, -0.25) is 10.1 Å². The molecule has 0 unspecified atom stereocenters. The van der Waals surface area contributed by atoms with Crippen molar-refractivity contribution in [2.75, 3.05) is 6.61 Å². The van der Waals surface area contributed by atoms with Crippen molar-refractivity contribution in [2.24, 2.45) is 0 Å². The molecule has 0 aliphatic rings. The minimum atomic E-state index is -0.515. The third-order valence-corrected chi connectivity index (χ3v) is 1.28. The van der Waals surface area contributed by atoms with E-state index in [1.165, 1.54) is 18.2 Å². The van der Waals surface area contributed by atoms with Crippen LogP contribution in [-0.4, -0.2) is 16.6 Å². The van der Waals surface area contributed by atoms with Crippen LogP contribution in [0.1, 0.15) is 20.8 Å². The highest BCUT2D eigenvalue weighted by molar-refractivity contribution is 5.25. The SMILES string of the molecule is C=C/C(=C\C(=C/C)[N+](=O)[O-])CO.CC. The minimum absolute atomic E-state index is 0.0426. The van der Waals surface area contributed by atoms with Gasteiger partial charge in [0, 0.05) is 6.08 Å². The summed E-state index contributed by atoms with van der Waals surface area (Å²) < 4.78 is 0. The van der Waals surface area contributed by atoms with E-state index in [0.717, 1.165) is 0 Å². The lowest BCUT2D eigenvalue weighted by Crippen LogP contribution is -1.97. The highest BCUT2D eigenvalue weighted by Crippen LogP contribution is 2.03. The molecule has 0 aliphatic carbocycles. The molecular weight excluding hydrogens is 182 g/mol. The number of nitrogens with zero attached hydrogens (tertiary/aromatic N) is 1. The maximum Gasteiger partial charge on any atom is 0.265 e. The fourth-order valence-corrected chi connectivity index (χ4v) is 0.601. The van der Waals surface area contributed by atoms with Crippen LogP contribution in [0.15, 0.2) is 36.1 Å². The molecule has 0 aliphatic heterocycles. The van der Waals surface area contributed by atoms with Crippen molar-refractivity contribution in [1.82, 2.24) is 0 Å². The van der Waals surface area contributed by atoms with Gasteiger partial charge in [-0.25, -0.2) is 0 Å². The first-order valence-electron chi connectivity index (χ1n) is 4.40. The lowest BCUT2D eigenvalue weighted by molar-refractivity contribution is -0.419. The zero-order valence-corrected chi connectivity index (χ0v) is 8.86. The van der Waals surface area contributed by atoms with Gasteiger partial charge in [0.15, 0.2) is 0 Å². The van der Waals surface area contributed by atoms with E-state index in [4.69, 9.17) is 5.11 Å². The summed E-state index contributed by atoms with van der Waals surface area (Å²) in [6.45, 7) is 8.72. The second-order valence-corrected chi connectivity index (χ2v) is 2.05. The van der Waals surface area contributed by atoms with Crippen molar-refractivity contribution in [2.45, 2.75) is 20.8 Å². The standard InChI is InChI=1S/C8H11NO3.C2H6/c1-3-7(6-10)5-8(4-2)9(11)12;1-2/h3-5,10H,1,6H2,2H3;1-2H3/b7-5+,8-4+;. The molecule has 0 aromatic heterocycles. The zero-order valence-electron chi connectivity index (χ0n) is 8.86. The average molecular weight is 199 g/mol. The second-order valence-electron chi connectivity index (χ2n) is 2.05. The van der Waals surface area contributed by atoms with E-state index in [0.29, 0.717) is 5.57 Å². The summed E-state index contributed by atoms with van der Waals surface area (Å²) >= 11 is 0. The Kier molecular flexibility index (Phi) is 10.4. The third kappa shape index (κ3) is 6.14. The molecule has 0 saturated carbocycles. The number of hydrogen-bond acceptors (Lipinski definition) is 3. The molecule has 0 heterocycles. The Hall–Kier alpha value is -1.42. The molecule has 0 rings (SSSR count). The zero-order chi connectivity index (χ0) is 11.6. The van der Waals surface area contributed by atoms with Gasteiger partial charge in [-0.1, -0.05) is 26.5 Å². The number of aliphatic hydroxyl groups is 1. The molecule has 0 spiro atoms. The summed E-state index contributed by atoms with van der Waals surface area (Å²) in [6, 6.07) is 0. The Labute approximate surface area is 84.4 Å². The Bertz CT molecular complexity index is 242. The van der Waals surface area contributed by atoms with Crippen LogP contribution < -0.4 is 0 Å². The average Bonchev–Trinajstić information content (AvgIpc) is 2.22. The van der Waals surface area contributed by atoms with Crippen molar-refractivity contribution in [3.63, 3.8) is 0 Å². The monoisotopic (exact) mass is 199 g/mol. The van der Waals surface area contributed by atoms with Gasteiger partial charge in [0.25, 0.3) is 5.70 Å². The number of aliphatic hydroxyl groups excluding tert-OH is 1. The fourth-order valence-electron chi connectivity index (χ4n) is 0.601. The molecule has 0 radical (unpaired) electrons. The largest absolute Gasteiger partial charge is 0.392 e. The van der Waals surface area contributed by atoms with Crippen molar-refractivity contribution in [3.05, 3.63) is 46.2 Å². The number of hydrogen-bond donors (Lipinski definition) is 1. The first-order chi connectivity index (χ1) is 6.65. The maximum absolute atomic E-state index is 10.3. The van der Waals surface area contributed by atoms with Crippen molar-refractivity contribution >= 4 is 0 Å². The summed E-state index contributed by atoms with van der Waals surface area (Å²) in [5, 5.41) is 18.9. The molecule has 0 fully saturated rings. The van der Waals surface area contributed by atoms with Crippen LogP contribution in [0.5, 0.6) is 0 Å². The Morgan fingerprint density at radius 3 is 2.29 bits per heavy atom. The molecule has 80 valence electrons. The van der Waals surface area contributed by atoms with Gasteiger partial charge in [0.1, 0.15) is 0 Å². The van der Waals surface area contributed by atoms with Gasteiger partial charge in [-0.05, 0) is 18.6 Å². The molecule has 14 heavy (non-hydrogen) atoms. The summed E-state index contributed by atoms with van der Waals surface area (Å²) in [4.78, 5) is 9.76. The topological polar surface area (TPSA) is 63.4 Å². The van der Waals surface area contributed by atoms with Crippen LogP contribution >= 0.6 is 0 Å². The van der Waals surface area contributed by atoms with Crippen molar-refractivity contribution in [1.29, 1.82) is 0 Å². The Morgan fingerprint density at radius 2 is 2.07 bits per heavy atom. The Morgan fingerprint density at radius 1 is 1.57 bits per heavy atom. The van der Waals surface area contributed by atoms with Crippen LogP contribution in [0, 0.1) is 10.1 Å². The van der Waals surface area contributed by atoms with Crippen LogP contribution in [-0.2, 0) is 0 Å². The quantitative estimate of drug-likeness (QED) is 0.429. The molecule has 1 N–H and O–H groups in total. The van der Waals surface area contributed by atoms with E-state index >= 15 is 0 Å². The minimum Gasteiger partial charge on any atom is -0.392 e. The van der Waals surface area contributed by atoms with Gasteiger partial charge < -0.3 is 5.11 Å². The van der Waals surface area contributed by atoms with Gasteiger partial charge in [0.05, 0.1) is 11.5 Å². The van der Waals surface area contributed by atoms with Crippen LogP contribution in [0.3, 0.4) is 0 Å². The summed E-state index contributed by atoms with van der Waals surface area (Å²) in [7, 11) is 0. The molecule has 0 atom stereocenters. The maximum atomic E-state index is 10.3. The summed E-state index contributed by atoms with van der Waals surface area (Å²) in [6.07, 6.45) is 4.03. The smallest absolute Gasteiger partial charge is 0.265 e. The molecule has 4 heteroatoms. The fraction of sp³-hybridized carbons (Fsp3) is 0.400. The lowest BCUT2D eigenvalue weighted by atomic mass is 10.2. The number of nitro groups is 1. The molecule has 0 bridgehead atoms. The van der Waals surface area contributed by atoms with E-state index < -0.39 is 4.92 Å². The second kappa shape index (κ2) is 9.67. The highest BCUT2D eigenvalue weighted by Gasteiger charge is 2.04. The van der Waals surface area contributed by atoms with Gasteiger partial charge in [-0.2, -0.15) is 0 Å². The van der Waals surface area contributed by atoms with E-state index in [2.05, 4.69) is 6.58 Å². The number of rotatable bonds is 4. The highest BCUT2D eigenvalue weighted by atomic mass is 16.6. The first kappa shape index (κ1) is 15.1. The molecule has 4 nitrogen and oxygen atoms in total. The van der Waals surface area contributed by atoms with Gasteiger partial charge >= 0.3 is 0 Å². The third-order valence-electron chi connectivity index (χ3n) is 1.28. The molecule has 0 aromatic rings. The van der Waals surface area contributed by atoms with Gasteiger partial charge in [0.2, 0.25) is 0 Å². The van der Waals surface area contributed by atoms with E-state index in [1.54, 1.807) is 6.92 Å². The van der Waals surface area contributed by atoms with Crippen LogP contribution in [0.25, 0.3) is 0 Å². The van der Waals surface area contributed by atoms with E-state index in [1.807, 2.05) is 13.8 Å². The number of allylic oxidation sites excluding steroid dienone is 2. The summed E-state index contributed by atoms with van der Waals surface area (Å²) in [5.74, 6) is 0. The van der Waals surface area contributed by atoms with Crippen LogP contribution in [0.2, 0.25) is 0 Å². The van der Waals surface area contributed by atoms with Crippen molar-refractivity contribution < 1.29 is 10.0 Å². The van der Waals surface area contributed by atoms with Crippen molar-refractivity contribution in [3.8, 4) is 0 Å².